The van der Waals surface area contributed by atoms with Crippen LogP contribution in [0.15, 0.2) is 115 Å². The SMILES string of the molecule is c1ccc2c(c1)sc1ccc(-n3c4ccccc4c4c5c6ccccc6sc5c5ccccc5c43)cc12. The van der Waals surface area contributed by atoms with Gasteiger partial charge in [-0.25, -0.2) is 0 Å². The number of fused-ring (bicyclic) bond motifs is 13. The van der Waals surface area contributed by atoms with Crippen molar-refractivity contribution in [2.75, 3.05) is 0 Å². The van der Waals surface area contributed by atoms with Crippen molar-refractivity contribution in [3.8, 4) is 5.69 Å². The van der Waals surface area contributed by atoms with Gasteiger partial charge in [0.05, 0.1) is 11.0 Å². The van der Waals surface area contributed by atoms with E-state index in [1.165, 1.54) is 78.6 Å². The number of nitrogens with zero attached hydrogens (tertiary/aromatic N) is 1. The van der Waals surface area contributed by atoms with Crippen LogP contribution in [0.2, 0.25) is 0 Å². The molecule has 172 valence electrons. The molecule has 0 amide bonds. The minimum absolute atomic E-state index is 1.21. The van der Waals surface area contributed by atoms with Gasteiger partial charge in [-0.2, -0.15) is 0 Å². The number of benzene rings is 6. The molecule has 0 saturated carbocycles. The van der Waals surface area contributed by atoms with E-state index in [0.717, 1.165) is 0 Å². The largest absolute Gasteiger partial charge is 0.309 e. The summed E-state index contributed by atoms with van der Waals surface area (Å²) in [5, 5.41) is 10.7. The smallest absolute Gasteiger partial charge is 0.0626 e. The van der Waals surface area contributed by atoms with E-state index in [1.807, 2.05) is 22.7 Å². The Morgan fingerprint density at radius 1 is 0.432 bits per heavy atom. The average molecular weight is 506 g/mol. The number of thiophene rings is 2. The quantitative estimate of drug-likeness (QED) is 0.209. The van der Waals surface area contributed by atoms with E-state index in [1.54, 1.807) is 0 Å². The third kappa shape index (κ3) is 2.58. The zero-order valence-corrected chi connectivity index (χ0v) is 21.4. The third-order valence-electron chi connectivity index (χ3n) is 7.77. The van der Waals surface area contributed by atoms with Gasteiger partial charge < -0.3 is 4.57 Å². The van der Waals surface area contributed by atoms with Gasteiger partial charge in [-0.15, -0.1) is 22.7 Å². The number of hydrogen-bond donors (Lipinski definition) is 0. The molecule has 3 heterocycles. The molecule has 0 N–H and O–H groups in total. The topological polar surface area (TPSA) is 4.93 Å². The Balaban J connectivity index is 1.55. The molecule has 3 heteroatoms. The summed E-state index contributed by atoms with van der Waals surface area (Å²) in [5.74, 6) is 0. The summed E-state index contributed by atoms with van der Waals surface area (Å²) in [6.45, 7) is 0. The van der Waals surface area contributed by atoms with E-state index in [-0.39, 0.29) is 0 Å². The summed E-state index contributed by atoms with van der Waals surface area (Å²) in [4.78, 5) is 0. The number of rotatable bonds is 1. The fourth-order valence-corrected chi connectivity index (χ4v) is 8.58. The molecule has 0 unspecified atom stereocenters. The first-order valence-electron chi connectivity index (χ1n) is 12.5. The zero-order chi connectivity index (χ0) is 24.1. The molecule has 37 heavy (non-hydrogen) atoms. The van der Waals surface area contributed by atoms with Gasteiger partial charge in [-0.3, -0.25) is 0 Å². The van der Waals surface area contributed by atoms with Gasteiger partial charge >= 0.3 is 0 Å². The predicted octanol–water partition coefficient (Wildman–Crippen LogP) is 10.7. The maximum absolute atomic E-state index is 2.50. The van der Waals surface area contributed by atoms with Gasteiger partial charge in [0, 0.05) is 67.6 Å². The Kier molecular flexibility index (Phi) is 3.88. The van der Waals surface area contributed by atoms with Crippen molar-refractivity contribution in [2.24, 2.45) is 0 Å². The first kappa shape index (κ1) is 19.9. The highest BCUT2D eigenvalue weighted by atomic mass is 32.1. The van der Waals surface area contributed by atoms with Crippen LogP contribution in [0, 0.1) is 0 Å². The molecule has 0 bridgehead atoms. The van der Waals surface area contributed by atoms with E-state index in [9.17, 15) is 0 Å². The Bertz CT molecular complexity index is 2360. The molecule has 0 aliphatic heterocycles. The maximum Gasteiger partial charge on any atom is 0.0626 e. The number of hydrogen-bond acceptors (Lipinski definition) is 2. The van der Waals surface area contributed by atoms with Crippen LogP contribution < -0.4 is 0 Å². The van der Waals surface area contributed by atoms with Crippen LogP contribution in [0.5, 0.6) is 0 Å². The summed E-state index contributed by atoms with van der Waals surface area (Å²) in [6, 6.07) is 42.5. The molecule has 1 nitrogen and oxygen atoms in total. The van der Waals surface area contributed by atoms with Crippen molar-refractivity contribution in [3.63, 3.8) is 0 Å². The van der Waals surface area contributed by atoms with Gasteiger partial charge in [0.25, 0.3) is 0 Å². The summed E-state index contributed by atoms with van der Waals surface area (Å²) >= 11 is 3.79. The van der Waals surface area contributed by atoms with Crippen LogP contribution >= 0.6 is 22.7 Å². The Labute approximate surface area is 220 Å². The van der Waals surface area contributed by atoms with Crippen LogP contribution in [-0.4, -0.2) is 4.57 Å². The fraction of sp³-hybridized carbons (Fsp3) is 0. The van der Waals surface area contributed by atoms with E-state index in [4.69, 9.17) is 0 Å². The van der Waals surface area contributed by atoms with Crippen molar-refractivity contribution in [3.05, 3.63) is 115 Å². The average Bonchev–Trinajstić information content (AvgIpc) is 3.62. The first-order valence-corrected chi connectivity index (χ1v) is 14.2. The van der Waals surface area contributed by atoms with E-state index in [2.05, 4.69) is 120 Å². The predicted molar refractivity (Wildman–Crippen MR) is 164 cm³/mol. The Morgan fingerprint density at radius 2 is 1.05 bits per heavy atom. The lowest BCUT2D eigenvalue weighted by atomic mass is 10.00. The molecule has 9 aromatic rings. The lowest BCUT2D eigenvalue weighted by molar-refractivity contribution is 1.19. The van der Waals surface area contributed by atoms with Crippen LogP contribution in [-0.2, 0) is 0 Å². The zero-order valence-electron chi connectivity index (χ0n) is 19.7. The molecule has 0 aliphatic rings. The molecule has 0 spiro atoms. The highest BCUT2D eigenvalue weighted by Gasteiger charge is 2.21. The molecular formula is C34H19NS2. The van der Waals surface area contributed by atoms with E-state index < -0.39 is 0 Å². The van der Waals surface area contributed by atoms with Crippen molar-refractivity contribution < 1.29 is 0 Å². The van der Waals surface area contributed by atoms with Gasteiger partial charge in [0.2, 0.25) is 0 Å². The van der Waals surface area contributed by atoms with Gasteiger partial charge in [0.15, 0.2) is 0 Å². The van der Waals surface area contributed by atoms with Crippen LogP contribution in [0.25, 0.3) is 78.6 Å². The maximum atomic E-state index is 2.50. The van der Waals surface area contributed by atoms with Crippen LogP contribution in [0.1, 0.15) is 0 Å². The molecule has 0 radical (unpaired) electrons. The van der Waals surface area contributed by atoms with Gasteiger partial charge in [0.1, 0.15) is 0 Å². The number of aromatic nitrogens is 1. The van der Waals surface area contributed by atoms with E-state index >= 15 is 0 Å². The lowest BCUT2D eigenvalue weighted by Gasteiger charge is -2.11. The summed E-state index contributed by atoms with van der Waals surface area (Å²) in [6.07, 6.45) is 0. The highest BCUT2D eigenvalue weighted by molar-refractivity contribution is 7.27. The minimum atomic E-state index is 1.21. The van der Waals surface area contributed by atoms with Crippen molar-refractivity contribution in [1.29, 1.82) is 0 Å². The molecular weight excluding hydrogens is 487 g/mol. The molecule has 0 atom stereocenters. The fourth-order valence-electron chi connectivity index (χ4n) is 6.24. The molecule has 9 rings (SSSR count). The van der Waals surface area contributed by atoms with Crippen molar-refractivity contribution in [2.45, 2.75) is 0 Å². The normalized spacial score (nSPS) is 12.3. The van der Waals surface area contributed by atoms with Gasteiger partial charge in [-0.1, -0.05) is 78.9 Å². The highest BCUT2D eigenvalue weighted by Crippen LogP contribution is 2.48. The Hall–Kier alpha value is -4.18. The summed E-state index contributed by atoms with van der Waals surface area (Å²) in [7, 11) is 0. The van der Waals surface area contributed by atoms with E-state index in [0.29, 0.717) is 0 Å². The van der Waals surface area contributed by atoms with Gasteiger partial charge in [-0.05, 0) is 36.4 Å². The van der Waals surface area contributed by atoms with Crippen LogP contribution in [0.3, 0.4) is 0 Å². The molecule has 0 aliphatic carbocycles. The second-order valence-corrected chi connectivity index (χ2v) is 11.8. The van der Waals surface area contributed by atoms with Crippen molar-refractivity contribution >= 4 is 95.6 Å². The third-order valence-corrected chi connectivity index (χ3v) is 10.1. The van der Waals surface area contributed by atoms with Crippen molar-refractivity contribution in [1.82, 2.24) is 4.57 Å². The monoisotopic (exact) mass is 505 g/mol. The number of para-hydroxylation sites is 1. The first-order chi connectivity index (χ1) is 18.4. The summed E-state index contributed by atoms with van der Waals surface area (Å²) < 4.78 is 7.91. The minimum Gasteiger partial charge on any atom is -0.309 e. The lowest BCUT2D eigenvalue weighted by Crippen LogP contribution is -1.94. The second kappa shape index (κ2) is 7.19. The molecule has 6 aromatic carbocycles. The second-order valence-electron chi connectivity index (χ2n) is 9.70. The van der Waals surface area contributed by atoms with Crippen LogP contribution in [0.4, 0.5) is 0 Å². The Morgan fingerprint density at radius 3 is 1.89 bits per heavy atom. The molecule has 0 saturated heterocycles. The standard InChI is InChI=1S/C34H19NS2/c1-2-11-23-22(10-1)33-31(32-25-13-5-8-16-29(25)37-34(23)32)24-12-3-6-14-27(24)35(33)20-17-18-30-26(19-20)21-9-4-7-15-28(21)36-30/h1-19H. The molecule has 0 fully saturated rings. The summed E-state index contributed by atoms with van der Waals surface area (Å²) in [5.41, 5.74) is 3.77. The molecule has 3 aromatic heterocycles.